The third-order valence-corrected chi connectivity index (χ3v) is 6.36. The van der Waals surface area contributed by atoms with Crippen molar-refractivity contribution in [1.82, 2.24) is 0 Å². The first kappa shape index (κ1) is 20.2. The van der Waals surface area contributed by atoms with Crippen molar-refractivity contribution in [2.45, 2.75) is 25.2 Å². The number of hydrogen-bond acceptors (Lipinski definition) is 3. The number of carbonyl (C=O) groups excluding carboxylic acids is 2. The molecule has 0 fully saturated rings. The molecule has 1 aliphatic rings. The van der Waals surface area contributed by atoms with Gasteiger partial charge in [0.2, 0.25) is 5.91 Å². The molecule has 1 aliphatic heterocycles. The highest BCUT2D eigenvalue weighted by atomic mass is 32.2. The fourth-order valence-electron chi connectivity index (χ4n) is 3.74. The maximum Gasteiger partial charge on any atom is 0.256 e. The number of amides is 2. The lowest BCUT2D eigenvalue weighted by molar-refractivity contribution is -0.116. The number of thioether (sulfide) groups is 1. The molecular formula is C25H24N2O2S. The molecular weight excluding hydrogens is 392 g/mol. The standard InChI is InChI=1S/C25H24N2O2S/c1-17-11-12-21(18(2)15-17)26-25(29)20-8-4-6-10-23(20)30-16-24(28)27-14-13-19-7-3-5-9-22(19)27/h3-12,15H,13-14,16H2,1-2H3,(H,26,29). The summed E-state index contributed by atoms with van der Waals surface area (Å²) in [5.41, 5.74) is 5.78. The van der Waals surface area contributed by atoms with E-state index in [0.717, 1.165) is 33.8 Å². The molecule has 3 aromatic rings. The average Bonchev–Trinajstić information content (AvgIpc) is 3.18. The molecule has 0 saturated heterocycles. The van der Waals surface area contributed by atoms with E-state index in [1.165, 1.54) is 17.3 Å². The van der Waals surface area contributed by atoms with Gasteiger partial charge in [0.15, 0.2) is 0 Å². The molecule has 4 rings (SSSR count). The molecule has 4 nitrogen and oxygen atoms in total. The van der Waals surface area contributed by atoms with Crippen molar-refractivity contribution in [3.63, 3.8) is 0 Å². The van der Waals surface area contributed by atoms with Crippen LogP contribution in [0.5, 0.6) is 0 Å². The Balaban J connectivity index is 1.46. The van der Waals surface area contributed by atoms with E-state index in [1.54, 1.807) is 6.07 Å². The quantitative estimate of drug-likeness (QED) is 0.579. The Labute approximate surface area is 181 Å². The number of rotatable bonds is 5. The first-order valence-electron chi connectivity index (χ1n) is 10.0. The van der Waals surface area contributed by atoms with Crippen LogP contribution >= 0.6 is 11.8 Å². The van der Waals surface area contributed by atoms with Crippen LogP contribution in [0.3, 0.4) is 0 Å². The topological polar surface area (TPSA) is 49.4 Å². The number of nitrogens with one attached hydrogen (secondary N) is 1. The molecule has 0 saturated carbocycles. The predicted molar refractivity (Wildman–Crippen MR) is 124 cm³/mol. The molecule has 0 bridgehead atoms. The van der Waals surface area contributed by atoms with Crippen molar-refractivity contribution in [3.05, 3.63) is 89.0 Å². The molecule has 1 heterocycles. The molecule has 0 radical (unpaired) electrons. The van der Waals surface area contributed by atoms with E-state index in [9.17, 15) is 9.59 Å². The third-order valence-electron chi connectivity index (χ3n) is 5.30. The molecule has 30 heavy (non-hydrogen) atoms. The number of aryl methyl sites for hydroxylation is 2. The average molecular weight is 417 g/mol. The zero-order valence-corrected chi connectivity index (χ0v) is 18.0. The maximum absolute atomic E-state index is 12.9. The van der Waals surface area contributed by atoms with Crippen LogP contribution in [0.4, 0.5) is 11.4 Å². The summed E-state index contributed by atoms with van der Waals surface area (Å²) in [5.74, 6) is 0.195. The van der Waals surface area contributed by atoms with Crippen LogP contribution in [0.15, 0.2) is 71.6 Å². The normalized spacial score (nSPS) is 12.5. The van der Waals surface area contributed by atoms with Gasteiger partial charge in [-0.05, 0) is 55.7 Å². The molecule has 3 aromatic carbocycles. The summed E-state index contributed by atoms with van der Waals surface area (Å²) < 4.78 is 0. The van der Waals surface area contributed by atoms with Crippen LogP contribution in [0.1, 0.15) is 27.0 Å². The number of carbonyl (C=O) groups is 2. The monoisotopic (exact) mass is 416 g/mol. The fraction of sp³-hybridized carbons (Fsp3) is 0.200. The number of anilines is 2. The maximum atomic E-state index is 12.9. The lowest BCUT2D eigenvalue weighted by atomic mass is 10.1. The van der Waals surface area contributed by atoms with E-state index < -0.39 is 0 Å². The highest BCUT2D eigenvalue weighted by Gasteiger charge is 2.24. The van der Waals surface area contributed by atoms with E-state index >= 15 is 0 Å². The fourth-order valence-corrected chi connectivity index (χ4v) is 4.66. The number of hydrogen-bond donors (Lipinski definition) is 1. The molecule has 5 heteroatoms. The highest BCUT2D eigenvalue weighted by molar-refractivity contribution is 8.00. The van der Waals surface area contributed by atoms with Crippen molar-refractivity contribution in [2.75, 3.05) is 22.5 Å². The Morgan fingerprint density at radius 1 is 1.00 bits per heavy atom. The van der Waals surface area contributed by atoms with Crippen molar-refractivity contribution in [3.8, 4) is 0 Å². The van der Waals surface area contributed by atoms with Crippen LogP contribution in [-0.4, -0.2) is 24.1 Å². The van der Waals surface area contributed by atoms with Gasteiger partial charge in [0, 0.05) is 22.8 Å². The van der Waals surface area contributed by atoms with E-state index in [1.807, 2.05) is 73.3 Å². The molecule has 0 atom stereocenters. The van der Waals surface area contributed by atoms with Crippen LogP contribution in [0, 0.1) is 13.8 Å². The third kappa shape index (κ3) is 4.26. The summed E-state index contributed by atoms with van der Waals surface area (Å²) in [6.45, 7) is 4.73. The Morgan fingerprint density at radius 3 is 2.60 bits per heavy atom. The van der Waals surface area contributed by atoms with E-state index in [-0.39, 0.29) is 11.8 Å². The summed E-state index contributed by atoms with van der Waals surface area (Å²) in [4.78, 5) is 28.4. The van der Waals surface area contributed by atoms with Gasteiger partial charge in [-0.25, -0.2) is 0 Å². The SMILES string of the molecule is Cc1ccc(NC(=O)c2ccccc2SCC(=O)N2CCc3ccccc32)c(C)c1. The Bertz CT molecular complexity index is 1110. The van der Waals surface area contributed by atoms with Crippen molar-refractivity contribution >= 4 is 35.0 Å². The van der Waals surface area contributed by atoms with Crippen LogP contribution in [0.25, 0.3) is 0 Å². The summed E-state index contributed by atoms with van der Waals surface area (Å²) in [6, 6.07) is 21.4. The van der Waals surface area contributed by atoms with Gasteiger partial charge in [0.25, 0.3) is 5.91 Å². The van der Waals surface area contributed by atoms with Crippen molar-refractivity contribution in [2.24, 2.45) is 0 Å². The van der Waals surface area contributed by atoms with Gasteiger partial charge in [-0.15, -0.1) is 11.8 Å². The van der Waals surface area contributed by atoms with Gasteiger partial charge in [0.05, 0.1) is 11.3 Å². The minimum atomic E-state index is -0.163. The number of fused-ring (bicyclic) bond motifs is 1. The molecule has 1 N–H and O–H groups in total. The smallest absolute Gasteiger partial charge is 0.256 e. The zero-order chi connectivity index (χ0) is 21.1. The van der Waals surface area contributed by atoms with Gasteiger partial charge in [-0.3, -0.25) is 9.59 Å². The zero-order valence-electron chi connectivity index (χ0n) is 17.1. The van der Waals surface area contributed by atoms with Crippen molar-refractivity contribution in [1.29, 1.82) is 0 Å². The summed E-state index contributed by atoms with van der Waals surface area (Å²) >= 11 is 1.41. The molecule has 2 amide bonds. The van der Waals surface area contributed by atoms with Crippen molar-refractivity contribution < 1.29 is 9.59 Å². The van der Waals surface area contributed by atoms with E-state index in [4.69, 9.17) is 0 Å². The summed E-state index contributed by atoms with van der Waals surface area (Å²) in [6.07, 6.45) is 0.890. The second-order valence-electron chi connectivity index (χ2n) is 7.48. The first-order valence-corrected chi connectivity index (χ1v) is 11.0. The molecule has 0 spiro atoms. The lowest BCUT2D eigenvalue weighted by Crippen LogP contribution is -2.30. The first-order chi connectivity index (χ1) is 14.5. The van der Waals surface area contributed by atoms with E-state index in [2.05, 4.69) is 11.4 Å². The second kappa shape index (κ2) is 8.76. The van der Waals surface area contributed by atoms with Gasteiger partial charge in [-0.1, -0.05) is 48.0 Å². The lowest BCUT2D eigenvalue weighted by Gasteiger charge is -2.17. The molecule has 152 valence electrons. The highest BCUT2D eigenvalue weighted by Crippen LogP contribution is 2.30. The summed E-state index contributed by atoms with van der Waals surface area (Å²) in [5, 5.41) is 3.00. The largest absolute Gasteiger partial charge is 0.322 e. The van der Waals surface area contributed by atoms with Crippen LogP contribution in [0.2, 0.25) is 0 Å². The van der Waals surface area contributed by atoms with Gasteiger partial charge in [-0.2, -0.15) is 0 Å². The Kier molecular flexibility index (Phi) is 5.91. The Hall–Kier alpha value is -3.05. The molecule has 0 aromatic heterocycles. The van der Waals surface area contributed by atoms with Crippen LogP contribution < -0.4 is 10.2 Å². The minimum absolute atomic E-state index is 0.0644. The minimum Gasteiger partial charge on any atom is -0.322 e. The predicted octanol–water partition coefficient (Wildman–Crippen LogP) is 5.24. The summed E-state index contributed by atoms with van der Waals surface area (Å²) in [7, 11) is 0. The Morgan fingerprint density at radius 2 is 1.77 bits per heavy atom. The van der Waals surface area contributed by atoms with Gasteiger partial charge in [0.1, 0.15) is 0 Å². The van der Waals surface area contributed by atoms with Crippen LogP contribution in [-0.2, 0) is 11.2 Å². The second-order valence-corrected chi connectivity index (χ2v) is 8.50. The van der Waals surface area contributed by atoms with Gasteiger partial charge < -0.3 is 10.2 Å². The molecule has 0 unspecified atom stereocenters. The molecule has 0 aliphatic carbocycles. The van der Waals surface area contributed by atoms with E-state index in [0.29, 0.717) is 17.9 Å². The number of nitrogens with zero attached hydrogens (tertiary/aromatic N) is 1. The number of para-hydroxylation sites is 1. The number of benzene rings is 3. The van der Waals surface area contributed by atoms with Gasteiger partial charge >= 0.3 is 0 Å².